The number of hydroxylamine groups is 2. The molecule has 1 saturated heterocycles. The Balaban J connectivity index is 1.92. The third-order valence-electron chi connectivity index (χ3n) is 5.74. The lowest BCUT2D eigenvalue weighted by Gasteiger charge is -2.38. The fourth-order valence-corrected chi connectivity index (χ4v) is 4.21. The number of hydrogen-bond donors (Lipinski definition) is 3. The average molecular weight is 329 g/mol. The monoisotopic (exact) mass is 329 g/mol. The van der Waals surface area contributed by atoms with Crippen LogP contribution in [0.5, 0.6) is 0 Å². The van der Waals surface area contributed by atoms with Gasteiger partial charge in [-0.25, -0.2) is 10.4 Å². The van der Waals surface area contributed by atoms with E-state index in [2.05, 4.69) is 13.8 Å². The van der Waals surface area contributed by atoms with Crippen molar-refractivity contribution in [2.24, 2.45) is 11.8 Å². The summed E-state index contributed by atoms with van der Waals surface area (Å²) in [5, 5.41) is 20.1. The number of likely N-dealkylation sites (tertiary alicyclic amines) is 1. The first-order chi connectivity index (χ1) is 10.9. The zero-order valence-corrected chi connectivity index (χ0v) is 14.7. The average Bonchev–Trinajstić information content (AvgIpc) is 2.51. The Hall–Kier alpha value is -0.530. The highest BCUT2D eigenvalue weighted by molar-refractivity contribution is 5.82. The Bertz CT molecular complexity index is 391. The number of piperidine rings is 1. The highest BCUT2D eigenvalue weighted by Gasteiger charge is 2.40. The minimum atomic E-state index is -0.826. The van der Waals surface area contributed by atoms with E-state index >= 15 is 0 Å². The first-order valence-corrected chi connectivity index (χ1v) is 9.14. The van der Waals surface area contributed by atoms with Crippen molar-refractivity contribution in [3.8, 4) is 0 Å². The summed E-state index contributed by atoms with van der Waals surface area (Å²) in [5.41, 5.74) is 0. The fourth-order valence-electron chi connectivity index (χ4n) is 4.21. The van der Waals surface area contributed by atoms with Crippen LogP contribution in [0, 0.1) is 17.0 Å². The lowest BCUT2D eigenvalue weighted by atomic mass is 9.81. The van der Waals surface area contributed by atoms with Gasteiger partial charge in [-0.1, -0.05) is 6.92 Å². The number of carbonyl (C=O) groups excluding carboxylic acids is 1. The maximum Gasteiger partial charge on any atom is 0.190 e. The van der Waals surface area contributed by atoms with Crippen LogP contribution in [0.15, 0.2) is 0 Å². The number of ether oxygens (including phenoxy) is 1. The standard InChI is InChI=1S/C17H32N2O4/c1-4-23-17-8-7-14(9-15(17)19(21)22)16(20)11-18-10-12(2)5-6-13(18)3/h12-15,17,19,21H,4-11H2,1-3H3/p+1. The molecule has 0 bridgehead atoms. The van der Waals surface area contributed by atoms with Gasteiger partial charge in [0.15, 0.2) is 5.78 Å². The van der Waals surface area contributed by atoms with Gasteiger partial charge in [0.25, 0.3) is 0 Å². The molecule has 0 aromatic rings. The Kier molecular flexibility index (Phi) is 6.98. The molecule has 2 aliphatic rings. The molecular formula is C17H33N2O4+. The van der Waals surface area contributed by atoms with Crippen molar-refractivity contribution in [3.05, 3.63) is 5.21 Å². The van der Waals surface area contributed by atoms with E-state index in [-0.39, 0.29) is 17.8 Å². The Morgan fingerprint density at radius 3 is 2.70 bits per heavy atom. The minimum absolute atomic E-state index is 0.107. The smallest absolute Gasteiger partial charge is 0.190 e. The number of carbonyl (C=O) groups is 1. The number of hydrogen-bond acceptors (Lipinski definition) is 4. The summed E-state index contributed by atoms with van der Waals surface area (Å²) < 4.78 is 5.57. The number of ketones is 1. The molecule has 0 spiro atoms. The third-order valence-corrected chi connectivity index (χ3v) is 5.74. The van der Waals surface area contributed by atoms with Crippen LogP contribution in [0.25, 0.3) is 0 Å². The molecule has 1 aliphatic carbocycles. The van der Waals surface area contributed by atoms with Gasteiger partial charge in [0.2, 0.25) is 0 Å². The number of nitrogens with one attached hydrogen (secondary N) is 2. The first-order valence-electron chi connectivity index (χ1n) is 9.14. The van der Waals surface area contributed by atoms with E-state index in [0.29, 0.717) is 38.0 Å². The highest BCUT2D eigenvalue weighted by atomic mass is 16.8. The Morgan fingerprint density at radius 1 is 1.30 bits per heavy atom. The van der Waals surface area contributed by atoms with Crippen molar-refractivity contribution in [2.45, 2.75) is 71.1 Å². The first kappa shape index (κ1) is 18.8. The van der Waals surface area contributed by atoms with Crippen molar-refractivity contribution in [3.63, 3.8) is 0 Å². The van der Waals surface area contributed by atoms with Crippen molar-refractivity contribution in [1.82, 2.24) is 0 Å². The van der Waals surface area contributed by atoms with Crippen LogP contribution in [-0.4, -0.2) is 48.9 Å². The second-order valence-corrected chi connectivity index (χ2v) is 7.54. The van der Waals surface area contributed by atoms with Crippen LogP contribution in [-0.2, 0) is 9.53 Å². The Labute approximate surface area is 139 Å². The second kappa shape index (κ2) is 8.53. The van der Waals surface area contributed by atoms with E-state index in [1.54, 1.807) is 0 Å². The fraction of sp³-hybridized carbons (Fsp3) is 0.941. The van der Waals surface area contributed by atoms with Crippen LogP contribution >= 0.6 is 0 Å². The molecule has 0 aromatic carbocycles. The van der Waals surface area contributed by atoms with Crippen LogP contribution < -0.4 is 10.1 Å². The van der Waals surface area contributed by atoms with Gasteiger partial charge in [-0.2, -0.15) is 0 Å². The summed E-state index contributed by atoms with van der Waals surface area (Å²) in [6.07, 6.45) is 4.09. The number of Topliss-reactive ketones (excluding diaryl/α,β-unsaturated/α-hetero) is 1. The van der Waals surface area contributed by atoms with Gasteiger partial charge in [0.1, 0.15) is 18.7 Å². The molecule has 7 unspecified atom stereocenters. The van der Waals surface area contributed by atoms with Crippen LogP contribution in [0.1, 0.15) is 52.9 Å². The topological polar surface area (TPSA) is 78.5 Å². The van der Waals surface area contributed by atoms with Crippen molar-refractivity contribution >= 4 is 5.78 Å². The van der Waals surface area contributed by atoms with Crippen LogP contribution in [0.4, 0.5) is 0 Å². The van der Waals surface area contributed by atoms with Gasteiger partial charge in [0, 0.05) is 24.9 Å². The third kappa shape index (κ3) is 4.97. The number of rotatable bonds is 6. The van der Waals surface area contributed by atoms with E-state index in [1.807, 2.05) is 6.92 Å². The SMILES string of the molecule is CCOC1CCC(C(=O)C[NH+]2CC(C)CCC2C)CC1[NH+]([O-])O. The summed E-state index contributed by atoms with van der Waals surface area (Å²) in [4.78, 5) is 14.1. The molecule has 1 heterocycles. The number of quaternary nitrogens is 2. The lowest BCUT2D eigenvalue weighted by molar-refractivity contribution is -1.07. The van der Waals surface area contributed by atoms with Crippen LogP contribution in [0.3, 0.4) is 0 Å². The van der Waals surface area contributed by atoms with Gasteiger partial charge >= 0.3 is 0 Å². The summed E-state index contributed by atoms with van der Waals surface area (Å²) in [5.74, 6) is 0.821. The van der Waals surface area contributed by atoms with E-state index in [9.17, 15) is 15.2 Å². The van der Waals surface area contributed by atoms with E-state index in [4.69, 9.17) is 4.74 Å². The van der Waals surface area contributed by atoms with Gasteiger partial charge in [-0.3, -0.25) is 4.79 Å². The van der Waals surface area contributed by atoms with E-state index in [1.165, 1.54) is 17.7 Å². The summed E-state index contributed by atoms with van der Waals surface area (Å²) in [6, 6.07) is -0.00413. The second-order valence-electron chi connectivity index (χ2n) is 7.54. The van der Waals surface area contributed by atoms with Crippen molar-refractivity contribution < 1.29 is 24.9 Å². The molecule has 0 aromatic heterocycles. The molecule has 7 atom stereocenters. The highest BCUT2D eigenvalue weighted by Crippen LogP contribution is 2.26. The zero-order chi connectivity index (χ0) is 17.0. The molecule has 2 fully saturated rings. The van der Waals surface area contributed by atoms with Gasteiger partial charge < -0.3 is 14.8 Å². The zero-order valence-electron chi connectivity index (χ0n) is 14.7. The molecule has 23 heavy (non-hydrogen) atoms. The van der Waals surface area contributed by atoms with Gasteiger partial charge in [-0.15, -0.1) is 0 Å². The van der Waals surface area contributed by atoms with E-state index < -0.39 is 11.3 Å². The molecule has 3 N–H and O–H groups in total. The molecule has 1 saturated carbocycles. The normalized spacial score (nSPS) is 39.9. The van der Waals surface area contributed by atoms with Gasteiger partial charge in [-0.05, 0) is 39.5 Å². The summed E-state index contributed by atoms with van der Waals surface area (Å²) in [7, 11) is 0. The maximum atomic E-state index is 12.7. The van der Waals surface area contributed by atoms with Crippen molar-refractivity contribution in [2.75, 3.05) is 19.7 Å². The summed E-state index contributed by atoms with van der Waals surface area (Å²) >= 11 is 0. The summed E-state index contributed by atoms with van der Waals surface area (Å²) in [6.45, 7) is 8.51. The maximum absolute atomic E-state index is 12.7. The molecule has 0 radical (unpaired) electrons. The molecule has 2 rings (SSSR count). The molecule has 0 amide bonds. The van der Waals surface area contributed by atoms with Crippen LogP contribution in [0.2, 0.25) is 0 Å². The van der Waals surface area contributed by atoms with E-state index in [0.717, 1.165) is 13.0 Å². The largest absolute Gasteiger partial charge is 0.600 e. The Morgan fingerprint density at radius 2 is 2.04 bits per heavy atom. The van der Waals surface area contributed by atoms with Gasteiger partial charge in [0.05, 0.1) is 12.6 Å². The predicted octanol–water partition coefficient (Wildman–Crippen LogP) is -0.395. The lowest BCUT2D eigenvalue weighted by Crippen LogP contribution is -3.17. The molecular weight excluding hydrogens is 296 g/mol. The molecule has 134 valence electrons. The predicted molar refractivity (Wildman–Crippen MR) is 86.2 cm³/mol. The van der Waals surface area contributed by atoms with Crippen molar-refractivity contribution in [1.29, 1.82) is 0 Å². The molecule has 6 heteroatoms. The molecule has 1 aliphatic heterocycles. The molecule has 6 nitrogen and oxygen atoms in total. The minimum Gasteiger partial charge on any atom is -0.600 e. The quantitative estimate of drug-likeness (QED) is 0.580.